The predicted molar refractivity (Wildman–Crippen MR) is 63.5 cm³/mol. The Morgan fingerprint density at radius 2 is 2.11 bits per heavy atom. The Bertz CT molecular complexity index is 653. The third-order valence-electron chi connectivity index (χ3n) is 2.60. The summed E-state index contributed by atoms with van der Waals surface area (Å²) in [4.78, 5) is 29.4. The van der Waals surface area contributed by atoms with Crippen molar-refractivity contribution in [1.29, 1.82) is 0 Å². The molecule has 2 rings (SSSR count). The molecule has 0 aliphatic carbocycles. The molecule has 2 heterocycles. The SMILES string of the molecule is CCc1noc(Cn2cc(CC)c(=O)[nH]c2=O)n1. The average Bonchev–Trinajstić information content (AvgIpc) is 2.80. The molecule has 0 fully saturated rings. The molecule has 0 unspecified atom stereocenters. The van der Waals surface area contributed by atoms with Gasteiger partial charge in [-0.25, -0.2) is 4.79 Å². The summed E-state index contributed by atoms with van der Waals surface area (Å²) in [6.45, 7) is 3.92. The van der Waals surface area contributed by atoms with E-state index in [2.05, 4.69) is 15.1 Å². The highest BCUT2D eigenvalue weighted by Crippen LogP contribution is 2.00. The topological polar surface area (TPSA) is 93.8 Å². The molecule has 0 spiro atoms. The molecule has 2 aromatic rings. The van der Waals surface area contributed by atoms with E-state index in [-0.39, 0.29) is 12.1 Å². The highest BCUT2D eigenvalue weighted by atomic mass is 16.5. The zero-order valence-electron chi connectivity index (χ0n) is 10.3. The Morgan fingerprint density at radius 1 is 1.33 bits per heavy atom. The molecule has 1 N–H and O–H groups in total. The Hall–Kier alpha value is -2.18. The first-order chi connectivity index (χ1) is 8.63. The summed E-state index contributed by atoms with van der Waals surface area (Å²) in [6.07, 6.45) is 2.75. The fourth-order valence-electron chi connectivity index (χ4n) is 1.57. The van der Waals surface area contributed by atoms with E-state index in [4.69, 9.17) is 4.52 Å². The molecule has 0 aliphatic rings. The summed E-state index contributed by atoms with van der Waals surface area (Å²) < 4.78 is 6.36. The van der Waals surface area contributed by atoms with E-state index >= 15 is 0 Å². The summed E-state index contributed by atoms with van der Waals surface area (Å²) in [6, 6.07) is 0. The maximum Gasteiger partial charge on any atom is 0.328 e. The molecule has 2 aromatic heterocycles. The third kappa shape index (κ3) is 2.39. The lowest BCUT2D eigenvalue weighted by Crippen LogP contribution is -2.31. The number of hydrogen-bond donors (Lipinski definition) is 1. The number of nitrogens with one attached hydrogen (secondary N) is 1. The molecule has 0 saturated heterocycles. The van der Waals surface area contributed by atoms with Crippen LogP contribution in [0.15, 0.2) is 20.3 Å². The molecule has 7 nitrogen and oxygen atoms in total. The van der Waals surface area contributed by atoms with Crippen molar-refractivity contribution in [2.24, 2.45) is 0 Å². The van der Waals surface area contributed by atoms with Crippen LogP contribution in [0, 0.1) is 0 Å². The predicted octanol–water partition coefficient (Wildman–Crippen LogP) is 0.0927. The Kier molecular flexibility index (Phi) is 3.40. The van der Waals surface area contributed by atoms with E-state index in [1.165, 1.54) is 10.8 Å². The Labute approximate surface area is 102 Å². The van der Waals surface area contributed by atoms with Crippen molar-refractivity contribution in [2.75, 3.05) is 0 Å². The lowest BCUT2D eigenvalue weighted by Gasteiger charge is -2.03. The van der Waals surface area contributed by atoms with Gasteiger partial charge in [0, 0.05) is 18.2 Å². The van der Waals surface area contributed by atoms with Crippen LogP contribution in [-0.4, -0.2) is 19.7 Å². The summed E-state index contributed by atoms with van der Waals surface area (Å²) in [5.41, 5.74) is -0.281. The summed E-state index contributed by atoms with van der Waals surface area (Å²) in [7, 11) is 0. The monoisotopic (exact) mass is 250 g/mol. The lowest BCUT2D eigenvalue weighted by molar-refractivity contribution is 0.364. The molecule has 0 atom stereocenters. The third-order valence-corrected chi connectivity index (χ3v) is 2.60. The minimum Gasteiger partial charge on any atom is -0.337 e. The first-order valence-corrected chi connectivity index (χ1v) is 5.78. The van der Waals surface area contributed by atoms with E-state index in [1.807, 2.05) is 13.8 Å². The number of aromatic amines is 1. The second-order valence-electron chi connectivity index (χ2n) is 3.85. The molecule has 0 aromatic carbocycles. The van der Waals surface area contributed by atoms with Crippen LogP contribution in [0.2, 0.25) is 0 Å². The second-order valence-corrected chi connectivity index (χ2v) is 3.85. The quantitative estimate of drug-likeness (QED) is 0.830. The van der Waals surface area contributed by atoms with E-state index in [1.54, 1.807) is 0 Å². The Morgan fingerprint density at radius 3 is 2.72 bits per heavy atom. The van der Waals surface area contributed by atoms with Gasteiger partial charge in [0.25, 0.3) is 5.56 Å². The maximum absolute atomic E-state index is 11.6. The standard InChI is InChI=1S/C11H14N4O3/c1-3-7-5-15(11(17)13-10(7)16)6-9-12-8(4-2)14-18-9/h5H,3-4,6H2,1-2H3,(H,13,16,17). The number of rotatable bonds is 4. The highest BCUT2D eigenvalue weighted by molar-refractivity contribution is 5.04. The van der Waals surface area contributed by atoms with Crippen LogP contribution in [0.25, 0.3) is 0 Å². The van der Waals surface area contributed by atoms with Gasteiger partial charge in [0.15, 0.2) is 5.82 Å². The van der Waals surface area contributed by atoms with Gasteiger partial charge in [0.2, 0.25) is 5.89 Å². The van der Waals surface area contributed by atoms with Crippen LogP contribution in [0.1, 0.15) is 31.1 Å². The molecule has 0 bridgehead atoms. The van der Waals surface area contributed by atoms with Crippen molar-refractivity contribution in [3.8, 4) is 0 Å². The summed E-state index contributed by atoms with van der Waals surface area (Å²) >= 11 is 0. The number of aromatic nitrogens is 4. The zero-order valence-corrected chi connectivity index (χ0v) is 10.3. The fourth-order valence-corrected chi connectivity index (χ4v) is 1.57. The Balaban J connectivity index is 2.34. The van der Waals surface area contributed by atoms with Gasteiger partial charge in [-0.3, -0.25) is 14.3 Å². The first kappa shape index (κ1) is 12.3. The van der Waals surface area contributed by atoms with Crippen LogP contribution in [0.4, 0.5) is 0 Å². The van der Waals surface area contributed by atoms with E-state index in [0.29, 0.717) is 30.1 Å². The van der Waals surface area contributed by atoms with Gasteiger partial charge in [-0.05, 0) is 6.42 Å². The van der Waals surface area contributed by atoms with E-state index in [0.717, 1.165) is 0 Å². The van der Waals surface area contributed by atoms with Crippen LogP contribution in [-0.2, 0) is 19.4 Å². The largest absolute Gasteiger partial charge is 0.337 e. The van der Waals surface area contributed by atoms with Crippen LogP contribution >= 0.6 is 0 Å². The molecular weight excluding hydrogens is 236 g/mol. The number of nitrogens with zero attached hydrogens (tertiary/aromatic N) is 3. The second kappa shape index (κ2) is 4.99. The highest BCUT2D eigenvalue weighted by Gasteiger charge is 2.08. The smallest absolute Gasteiger partial charge is 0.328 e. The van der Waals surface area contributed by atoms with E-state index in [9.17, 15) is 9.59 Å². The minimum atomic E-state index is -0.478. The van der Waals surface area contributed by atoms with Crippen LogP contribution in [0.3, 0.4) is 0 Å². The molecular formula is C11H14N4O3. The van der Waals surface area contributed by atoms with Gasteiger partial charge < -0.3 is 4.52 Å². The molecule has 0 amide bonds. The van der Waals surface area contributed by atoms with E-state index < -0.39 is 5.69 Å². The number of H-pyrrole nitrogens is 1. The van der Waals surface area contributed by atoms with Gasteiger partial charge in [0.1, 0.15) is 6.54 Å². The lowest BCUT2D eigenvalue weighted by atomic mass is 10.3. The molecule has 18 heavy (non-hydrogen) atoms. The first-order valence-electron chi connectivity index (χ1n) is 5.78. The number of aryl methyl sites for hydroxylation is 2. The molecule has 0 radical (unpaired) electrons. The molecule has 0 aliphatic heterocycles. The van der Waals surface area contributed by atoms with Crippen molar-refractivity contribution in [1.82, 2.24) is 19.7 Å². The molecule has 7 heteroatoms. The molecule has 0 saturated carbocycles. The number of hydrogen-bond acceptors (Lipinski definition) is 5. The average molecular weight is 250 g/mol. The van der Waals surface area contributed by atoms with Crippen molar-refractivity contribution < 1.29 is 4.52 Å². The summed E-state index contributed by atoms with van der Waals surface area (Å²) in [5, 5.41) is 3.75. The van der Waals surface area contributed by atoms with Crippen molar-refractivity contribution in [3.05, 3.63) is 44.3 Å². The van der Waals surface area contributed by atoms with Gasteiger partial charge in [-0.2, -0.15) is 4.98 Å². The molecule has 96 valence electrons. The normalized spacial score (nSPS) is 10.8. The fraction of sp³-hybridized carbons (Fsp3) is 0.455. The van der Waals surface area contributed by atoms with Crippen molar-refractivity contribution in [2.45, 2.75) is 33.2 Å². The van der Waals surface area contributed by atoms with Crippen LogP contribution < -0.4 is 11.2 Å². The van der Waals surface area contributed by atoms with Crippen molar-refractivity contribution in [3.63, 3.8) is 0 Å². The van der Waals surface area contributed by atoms with Gasteiger partial charge in [-0.1, -0.05) is 19.0 Å². The maximum atomic E-state index is 11.6. The van der Waals surface area contributed by atoms with Gasteiger partial charge >= 0.3 is 5.69 Å². The van der Waals surface area contributed by atoms with Crippen molar-refractivity contribution >= 4 is 0 Å². The zero-order chi connectivity index (χ0) is 13.1. The van der Waals surface area contributed by atoms with Crippen LogP contribution in [0.5, 0.6) is 0 Å². The van der Waals surface area contributed by atoms with Gasteiger partial charge in [0.05, 0.1) is 0 Å². The summed E-state index contributed by atoms with van der Waals surface area (Å²) in [5.74, 6) is 0.946. The minimum absolute atomic E-state index is 0.162. The van der Waals surface area contributed by atoms with Gasteiger partial charge in [-0.15, -0.1) is 0 Å².